The molecule has 0 saturated heterocycles. The zero-order valence-corrected chi connectivity index (χ0v) is 19.5. The summed E-state index contributed by atoms with van der Waals surface area (Å²) >= 11 is 1.42. The second kappa shape index (κ2) is 10.2. The van der Waals surface area contributed by atoms with Crippen molar-refractivity contribution in [3.05, 3.63) is 45.9 Å². The molecule has 3 N–H and O–H groups in total. The standard InChI is InChI=1S/C20H27N3O6S2/c1-5-14-12-30-19(21-14)16(22-17(24)11-18(25)29-20(2,3)4)10-13-6-8-15(9-7-13)23-31(26,27)28/h6-9,12,16,23H,5,10-11H2,1-4H3,(H,22,24)(H,26,27,28)/t16-/m0/s1. The predicted octanol–water partition coefficient (Wildman–Crippen LogP) is 3.05. The molecular weight excluding hydrogens is 442 g/mol. The van der Waals surface area contributed by atoms with Crippen molar-refractivity contribution in [1.29, 1.82) is 0 Å². The van der Waals surface area contributed by atoms with Crippen molar-refractivity contribution in [3.8, 4) is 0 Å². The lowest BCUT2D eigenvalue weighted by atomic mass is 10.1. The van der Waals surface area contributed by atoms with E-state index in [0.29, 0.717) is 11.4 Å². The van der Waals surface area contributed by atoms with E-state index < -0.39 is 40.2 Å². The van der Waals surface area contributed by atoms with E-state index in [0.717, 1.165) is 17.7 Å². The molecule has 1 heterocycles. The van der Waals surface area contributed by atoms with Gasteiger partial charge in [0.15, 0.2) is 0 Å². The van der Waals surface area contributed by atoms with E-state index in [1.807, 2.05) is 17.0 Å². The van der Waals surface area contributed by atoms with Crippen molar-refractivity contribution in [3.63, 3.8) is 0 Å². The van der Waals surface area contributed by atoms with E-state index in [1.165, 1.54) is 23.5 Å². The number of aryl methyl sites for hydroxylation is 1. The van der Waals surface area contributed by atoms with Gasteiger partial charge in [-0.25, -0.2) is 4.98 Å². The minimum atomic E-state index is -4.36. The fraction of sp³-hybridized carbons (Fsp3) is 0.450. The fourth-order valence-electron chi connectivity index (χ4n) is 2.69. The molecule has 1 amide bonds. The highest BCUT2D eigenvalue weighted by atomic mass is 32.2. The molecule has 0 aliphatic carbocycles. The van der Waals surface area contributed by atoms with E-state index >= 15 is 0 Å². The van der Waals surface area contributed by atoms with Crippen LogP contribution in [0, 0.1) is 0 Å². The highest BCUT2D eigenvalue weighted by Gasteiger charge is 2.23. The van der Waals surface area contributed by atoms with Gasteiger partial charge in [0.2, 0.25) is 5.91 Å². The van der Waals surface area contributed by atoms with Crippen LogP contribution in [0.1, 0.15) is 56.4 Å². The van der Waals surface area contributed by atoms with Crippen LogP contribution in [-0.4, -0.2) is 35.4 Å². The van der Waals surface area contributed by atoms with Crippen molar-refractivity contribution >= 4 is 39.2 Å². The predicted molar refractivity (Wildman–Crippen MR) is 118 cm³/mol. The van der Waals surface area contributed by atoms with Crippen LogP contribution in [0.4, 0.5) is 5.69 Å². The Hall–Kier alpha value is -2.50. The number of hydrogen-bond acceptors (Lipinski definition) is 7. The Kier molecular flexibility index (Phi) is 8.15. The summed E-state index contributed by atoms with van der Waals surface area (Å²) in [5.41, 5.74) is 1.23. The number of rotatable bonds is 9. The highest BCUT2D eigenvalue weighted by molar-refractivity contribution is 7.87. The molecule has 0 fully saturated rings. The first-order valence-electron chi connectivity index (χ1n) is 9.64. The number of nitrogens with zero attached hydrogens (tertiary/aromatic N) is 1. The van der Waals surface area contributed by atoms with Gasteiger partial charge in [0, 0.05) is 5.38 Å². The molecule has 9 nitrogen and oxygen atoms in total. The van der Waals surface area contributed by atoms with Crippen molar-refractivity contribution < 1.29 is 27.3 Å². The maximum atomic E-state index is 12.5. The topological polar surface area (TPSA) is 135 Å². The maximum absolute atomic E-state index is 12.5. The van der Waals surface area contributed by atoms with Crippen LogP contribution in [0.15, 0.2) is 29.6 Å². The van der Waals surface area contributed by atoms with E-state index in [4.69, 9.17) is 9.29 Å². The van der Waals surface area contributed by atoms with Gasteiger partial charge in [0.05, 0.1) is 17.4 Å². The van der Waals surface area contributed by atoms with Crippen LogP contribution in [-0.2, 0) is 37.5 Å². The second-order valence-corrected chi connectivity index (χ2v) is 9.94. The first-order valence-corrected chi connectivity index (χ1v) is 12.0. The number of anilines is 1. The molecule has 1 aromatic carbocycles. The molecule has 0 saturated carbocycles. The summed E-state index contributed by atoms with van der Waals surface area (Å²) in [5.74, 6) is -1.09. The summed E-state index contributed by atoms with van der Waals surface area (Å²) in [6, 6.07) is 5.88. The van der Waals surface area contributed by atoms with Gasteiger partial charge >= 0.3 is 16.3 Å². The van der Waals surface area contributed by atoms with E-state index in [-0.39, 0.29) is 5.69 Å². The smallest absolute Gasteiger partial charge is 0.357 e. The van der Waals surface area contributed by atoms with Gasteiger partial charge in [-0.05, 0) is 51.3 Å². The van der Waals surface area contributed by atoms with Gasteiger partial charge < -0.3 is 10.1 Å². The van der Waals surface area contributed by atoms with Crippen LogP contribution >= 0.6 is 11.3 Å². The summed E-state index contributed by atoms with van der Waals surface area (Å²) in [4.78, 5) is 29.0. The van der Waals surface area contributed by atoms with Crippen LogP contribution in [0.3, 0.4) is 0 Å². The third-order valence-corrected chi connectivity index (χ3v) is 5.43. The minimum absolute atomic E-state index is 0.208. The van der Waals surface area contributed by atoms with Gasteiger partial charge in [0.1, 0.15) is 17.0 Å². The number of carbonyl (C=O) groups excluding carboxylic acids is 2. The van der Waals surface area contributed by atoms with Crippen molar-refractivity contribution in [2.45, 2.75) is 58.6 Å². The Balaban J connectivity index is 2.14. The van der Waals surface area contributed by atoms with Crippen molar-refractivity contribution in [2.24, 2.45) is 0 Å². The van der Waals surface area contributed by atoms with E-state index in [9.17, 15) is 18.0 Å². The molecule has 2 rings (SSSR count). The molecular formula is C20H27N3O6S2. The van der Waals surface area contributed by atoms with Gasteiger partial charge in [-0.2, -0.15) is 8.42 Å². The van der Waals surface area contributed by atoms with Gasteiger partial charge in [0.25, 0.3) is 0 Å². The number of benzene rings is 1. The summed E-state index contributed by atoms with van der Waals surface area (Å²) in [6.07, 6.45) is 0.727. The largest absolute Gasteiger partial charge is 0.460 e. The number of hydrogen-bond donors (Lipinski definition) is 3. The van der Waals surface area contributed by atoms with Crippen molar-refractivity contribution in [2.75, 3.05) is 4.72 Å². The third kappa shape index (κ3) is 9.03. The maximum Gasteiger partial charge on any atom is 0.357 e. The van der Waals surface area contributed by atoms with Crippen molar-refractivity contribution in [1.82, 2.24) is 10.3 Å². The lowest BCUT2D eigenvalue weighted by Gasteiger charge is -2.20. The highest BCUT2D eigenvalue weighted by Crippen LogP contribution is 2.24. The number of aromatic nitrogens is 1. The zero-order chi connectivity index (χ0) is 23.2. The normalized spacial score (nSPS) is 12.8. The number of carbonyl (C=O) groups is 2. The molecule has 11 heteroatoms. The minimum Gasteiger partial charge on any atom is -0.460 e. The van der Waals surface area contributed by atoms with Gasteiger partial charge in [-0.1, -0.05) is 19.1 Å². The number of ether oxygens (including phenoxy) is 1. The first-order chi connectivity index (χ1) is 14.3. The molecule has 0 bridgehead atoms. The average molecular weight is 470 g/mol. The molecule has 31 heavy (non-hydrogen) atoms. The number of amides is 1. The lowest BCUT2D eigenvalue weighted by Crippen LogP contribution is -2.33. The zero-order valence-electron chi connectivity index (χ0n) is 17.8. The summed E-state index contributed by atoms with van der Waals surface area (Å²) in [6.45, 7) is 7.17. The van der Waals surface area contributed by atoms with Crippen LogP contribution in [0.25, 0.3) is 0 Å². The molecule has 0 aliphatic heterocycles. The quantitative estimate of drug-likeness (QED) is 0.292. The average Bonchev–Trinajstić information content (AvgIpc) is 3.09. The summed E-state index contributed by atoms with van der Waals surface area (Å²) in [7, 11) is -4.36. The van der Waals surface area contributed by atoms with Crippen LogP contribution < -0.4 is 10.0 Å². The summed E-state index contributed by atoms with van der Waals surface area (Å²) in [5, 5.41) is 5.47. The van der Waals surface area contributed by atoms with E-state index in [1.54, 1.807) is 32.9 Å². The number of esters is 1. The molecule has 0 aliphatic rings. The molecule has 170 valence electrons. The Labute approximate surface area is 186 Å². The third-order valence-electron chi connectivity index (χ3n) is 3.93. The van der Waals surface area contributed by atoms with Gasteiger partial charge in [-0.15, -0.1) is 11.3 Å². The van der Waals surface area contributed by atoms with Crippen LogP contribution in [0.2, 0.25) is 0 Å². The Morgan fingerprint density at radius 3 is 2.39 bits per heavy atom. The molecule has 0 unspecified atom stereocenters. The first kappa shape index (κ1) is 24.8. The SMILES string of the molecule is CCc1csc([C@H](Cc2ccc(NS(=O)(=O)O)cc2)NC(=O)CC(=O)OC(C)(C)C)n1. The molecule has 1 aromatic heterocycles. The van der Waals surface area contributed by atoms with Gasteiger partial charge in [-0.3, -0.25) is 18.9 Å². The molecule has 0 radical (unpaired) electrons. The van der Waals surface area contributed by atoms with Crippen LogP contribution in [0.5, 0.6) is 0 Å². The Bertz CT molecular complexity index is 1010. The Morgan fingerprint density at radius 1 is 1.23 bits per heavy atom. The Morgan fingerprint density at radius 2 is 1.87 bits per heavy atom. The number of thiazole rings is 1. The van der Waals surface area contributed by atoms with E-state index in [2.05, 4.69) is 10.3 Å². The lowest BCUT2D eigenvalue weighted by molar-refractivity contribution is -0.156. The fourth-order valence-corrected chi connectivity index (χ4v) is 4.08. The molecule has 1 atom stereocenters. The monoisotopic (exact) mass is 469 g/mol. The molecule has 0 spiro atoms. The second-order valence-electron chi connectivity index (χ2n) is 7.89. The molecule has 2 aromatic rings. The number of nitrogens with one attached hydrogen (secondary N) is 2. The summed E-state index contributed by atoms with van der Waals surface area (Å²) < 4.78 is 37.9.